The van der Waals surface area contributed by atoms with Crippen molar-refractivity contribution in [1.29, 1.82) is 0 Å². The van der Waals surface area contributed by atoms with Crippen molar-refractivity contribution in [2.75, 3.05) is 20.2 Å². The molecule has 0 unspecified atom stereocenters. The van der Waals surface area contributed by atoms with E-state index in [1.165, 1.54) is 13.2 Å². The van der Waals surface area contributed by atoms with Gasteiger partial charge >= 0.3 is 0 Å². The Morgan fingerprint density at radius 2 is 1.75 bits per heavy atom. The fourth-order valence-electron chi connectivity index (χ4n) is 2.81. The molecule has 1 heterocycles. The normalized spacial score (nSPS) is 15.5. The Labute approximate surface area is 152 Å². The van der Waals surface area contributed by atoms with E-state index in [0.717, 1.165) is 25.9 Å². The third-order valence-corrected chi connectivity index (χ3v) is 4.74. The molecular weight excluding hydrogens is 351 g/mol. The van der Waals surface area contributed by atoms with Gasteiger partial charge < -0.3 is 15.0 Å². The predicted octanol–water partition coefficient (Wildman–Crippen LogP) is 3.38. The summed E-state index contributed by atoms with van der Waals surface area (Å²) in [4.78, 5) is 27.2. The summed E-state index contributed by atoms with van der Waals surface area (Å²) in [6, 6.07) is 2.48. The number of rotatable bonds is 5. The average Bonchev–Trinajstić information content (AvgIpc) is 3.07. The monoisotopic (exact) mass is 372 g/mol. The fourth-order valence-corrected chi connectivity index (χ4v) is 3.27. The van der Waals surface area contributed by atoms with Crippen LogP contribution in [0.5, 0.6) is 5.75 Å². The Kier molecular flexibility index (Phi) is 6.35. The average molecular weight is 373 g/mol. The summed E-state index contributed by atoms with van der Waals surface area (Å²) in [7, 11) is 1.42. The third-order valence-electron chi connectivity index (χ3n) is 4.13. The molecule has 2 rings (SSSR count). The van der Waals surface area contributed by atoms with Gasteiger partial charge in [0, 0.05) is 13.1 Å². The molecule has 1 aromatic rings. The molecule has 0 bridgehead atoms. The van der Waals surface area contributed by atoms with Gasteiger partial charge in [0.15, 0.2) is 5.75 Å². The first-order valence-electron chi connectivity index (χ1n) is 7.98. The number of methoxy groups -OCH3 is 1. The van der Waals surface area contributed by atoms with Crippen molar-refractivity contribution in [3.63, 3.8) is 0 Å². The van der Waals surface area contributed by atoms with Crippen LogP contribution in [0, 0.1) is 5.92 Å². The molecule has 0 aromatic heterocycles. The van der Waals surface area contributed by atoms with Crippen LogP contribution in [0.4, 0.5) is 0 Å². The molecule has 0 radical (unpaired) electrons. The Morgan fingerprint density at radius 3 is 2.29 bits per heavy atom. The number of carbonyl (C=O) groups excluding carboxylic acids is 2. The first-order valence-corrected chi connectivity index (χ1v) is 8.74. The zero-order chi connectivity index (χ0) is 17.9. The number of halogens is 2. The first-order chi connectivity index (χ1) is 11.4. The maximum absolute atomic E-state index is 12.7. The Balaban J connectivity index is 2.25. The van der Waals surface area contributed by atoms with E-state index >= 15 is 0 Å². The Hall–Kier alpha value is -1.46. The molecule has 1 aromatic carbocycles. The lowest BCUT2D eigenvalue weighted by molar-refractivity contribution is -0.133. The quantitative estimate of drug-likeness (QED) is 0.861. The first kappa shape index (κ1) is 18.9. The van der Waals surface area contributed by atoms with Gasteiger partial charge in [-0.3, -0.25) is 9.59 Å². The highest BCUT2D eigenvalue weighted by atomic mass is 35.5. The highest BCUT2D eigenvalue weighted by Gasteiger charge is 2.31. The third kappa shape index (κ3) is 3.95. The van der Waals surface area contributed by atoms with Crippen molar-refractivity contribution in [3.05, 3.63) is 27.7 Å². The van der Waals surface area contributed by atoms with E-state index in [0.29, 0.717) is 5.02 Å². The summed E-state index contributed by atoms with van der Waals surface area (Å²) in [6.07, 6.45) is 2.00. The molecule has 0 saturated carbocycles. The number of carbonyl (C=O) groups is 2. The van der Waals surface area contributed by atoms with Crippen molar-refractivity contribution in [3.8, 4) is 5.75 Å². The van der Waals surface area contributed by atoms with Crippen molar-refractivity contribution >= 4 is 35.0 Å². The molecular formula is C17H22Cl2N2O3. The summed E-state index contributed by atoms with van der Waals surface area (Å²) < 4.78 is 5.21. The smallest absolute Gasteiger partial charge is 0.257 e. The zero-order valence-electron chi connectivity index (χ0n) is 14.1. The van der Waals surface area contributed by atoms with Crippen LogP contribution in [-0.2, 0) is 4.79 Å². The van der Waals surface area contributed by atoms with Crippen molar-refractivity contribution in [1.82, 2.24) is 10.2 Å². The van der Waals surface area contributed by atoms with Gasteiger partial charge in [0.2, 0.25) is 5.91 Å². The number of hydrogen-bond donors (Lipinski definition) is 1. The van der Waals surface area contributed by atoms with E-state index in [1.54, 1.807) is 11.0 Å². The molecule has 132 valence electrons. The maximum Gasteiger partial charge on any atom is 0.257 e. The maximum atomic E-state index is 12.7. The van der Waals surface area contributed by atoms with Gasteiger partial charge in [-0.05, 0) is 30.9 Å². The summed E-state index contributed by atoms with van der Waals surface area (Å²) >= 11 is 12.2. The van der Waals surface area contributed by atoms with Crippen LogP contribution in [0.15, 0.2) is 12.1 Å². The standard InChI is InChI=1S/C17H22Cl2N2O3/c1-10(2)14(17(23)21-8-4-5-9-21)20-16(22)13-11(18)6-7-12(19)15(13)24-3/h6-7,10,14H,4-5,8-9H2,1-3H3,(H,20,22)/t14-/m1/s1. The van der Waals surface area contributed by atoms with E-state index in [1.807, 2.05) is 13.8 Å². The molecule has 7 heteroatoms. The minimum Gasteiger partial charge on any atom is -0.494 e. The molecule has 1 aliphatic heterocycles. The van der Waals surface area contributed by atoms with Gasteiger partial charge in [-0.2, -0.15) is 0 Å². The molecule has 0 spiro atoms. The molecule has 5 nitrogen and oxygen atoms in total. The zero-order valence-corrected chi connectivity index (χ0v) is 15.6. The SMILES string of the molecule is COc1c(Cl)ccc(Cl)c1C(=O)N[C@@H](C(=O)N1CCCC1)C(C)C. The van der Waals surface area contributed by atoms with Crippen LogP contribution >= 0.6 is 23.2 Å². The number of amides is 2. The van der Waals surface area contributed by atoms with E-state index in [4.69, 9.17) is 27.9 Å². The lowest BCUT2D eigenvalue weighted by atomic mass is 10.0. The summed E-state index contributed by atoms with van der Waals surface area (Å²) in [5.74, 6) is -0.373. The number of nitrogens with one attached hydrogen (secondary N) is 1. The largest absolute Gasteiger partial charge is 0.494 e. The molecule has 1 fully saturated rings. The van der Waals surface area contributed by atoms with E-state index in [2.05, 4.69) is 5.32 Å². The molecule has 1 saturated heterocycles. The molecule has 1 atom stereocenters. The van der Waals surface area contributed by atoms with Gasteiger partial charge in [0.05, 0.1) is 17.2 Å². The van der Waals surface area contributed by atoms with Crippen molar-refractivity contribution in [2.24, 2.45) is 5.92 Å². The summed E-state index contributed by atoms with van der Waals surface area (Å²) in [6.45, 7) is 5.27. The summed E-state index contributed by atoms with van der Waals surface area (Å²) in [5.41, 5.74) is 0.145. The van der Waals surface area contributed by atoms with Gasteiger partial charge in [0.25, 0.3) is 5.91 Å². The lowest BCUT2D eigenvalue weighted by Gasteiger charge is -2.27. The number of hydrogen-bond acceptors (Lipinski definition) is 3. The fraction of sp³-hybridized carbons (Fsp3) is 0.529. The second kappa shape index (κ2) is 8.08. The van der Waals surface area contributed by atoms with Gasteiger partial charge in [-0.25, -0.2) is 0 Å². The van der Waals surface area contributed by atoms with E-state index in [9.17, 15) is 9.59 Å². The number of ether oxygens (including phenoxy) is 1. The number of likely N-dealkylation sites (tertiary alicyclic amines) is 1. The van der Waals surface area contributed by atoms with Crippen LogP contribution in [0.3, 0.4) is 0 Å². The van der Waals surface area contributed by atoms with Gasteiger partial charge in [-0.1, -0.05) is 37.0 Å². The van der Waals surface area contributed by atoms with E-state index < -0.39 is 11.9 Å². The second-order valence-electron chi connectivity index (χ2n) is 6.16. The van der Waals surface area contributed by atoms with Crippen LogP contribution in [0.2, 0.25) is 10.0 Å². The minimum absolute atomic E-state index is 0.0500. The molecule has 0 aliphatic carbocycles. The Morgan fingerprint density at radius 1 is 1.17 bits per heavy atom. The minimum atomic E-state index is -0.615. The highest BCUT2D eigenvalue weighted by molar-refractivity contribution is 6.37. The van der Waals surface area contributed by atoms with Crippen LogP contribution in [0.25, 0.3) is 0 Å². The van der Waals surface area contributed by atoms with Crippen LogP contribution < -0.4 is 10.1 Å². The number of nitrogens with zero attached hydrogens (tertiary/aromatic N) is 1. The highest BCUT2D eigenvalue weighted by Crippen LogP contribution is 2.34. The lowest BCUT2D eigenvalue weighted by Crippen LogP contribution is -2.50. The molecule has 1 aliphatic rings. The Bertz CT molecular complexity index is 629. The molecule has 2 amide bonds. The predicted molar refractivity (Wildman–Crippen MR) is 94.9 cm³/mol. The van der Waals surface area contributed by atoms with Crippen LogP contribution in [0.1, 0.15) is 37.0 Å². The molecule has 1 N–H and O–H groups in total. The van der Waals surface area contributed by atoms with Gasteiger partial charge in [0.1, 0.15) is 11.6 Å². The van der Waals surface area contributed by atoms with Gasteiger partial charge in [-0.15, -0.1) is 0 Å². The topological polar surface area (TPSA) is 58.6 Å². The summed E-state index contributed by atoms with van der Waals surface area (Å²) in [5, 5.41) is 3.32. The van der Waals surface area contributed by atoms with Crippen molar-refractivity contribution < 1.29 is 14.3 Å². The van der Waals surface area contributed by atoms with Crippen LogP contribution in [-0.4, -0.2) is 43.0 Å². The molecule has 24 heavy (non-hydrogen) atoms. The number of benzene rings is 1. The van der Waals surface area contributed by atoms with E-state index in [-0.39, 0.29) is 28.2 Å². The second-order valence-corrected chi connectivity index (χ2v) is 6.98. The van der Waals surface area contributed by atoms with Crippen molar-refractivity contribution in [2.45, 2.75) is 32.7 Å².